The maximum atomic E-state index is 5.23. The summed E-state index contributed by atoms with van der Waals surface area (Å²) in [5.74, 6) is 2.86. The second-order valence-corrected chi connectivity index (χ2v) is 16.3. The molecule has 3 unspecified atom stereocenters. The molecule has 1 spiro atoms. The van der Waals surface area contributed by atoms with Crippen LogP contribution in [0.15, 0.2) is 194 Å². The van der Waals surface area contributed by atoms with Crippen molar-refractivity contribution in [1.82, 2.24) is 15.0 Å². The van der Waals surface area contributed by atoms with Gasteiger partial charge in [-0.15, -0.1) is 11.3 Å². The summed E-state index contributed by atoms with van der Waals surface area (Å²) in [6.07, 6.45) is 9.19. The lowest BCUT2D eigenvalue weighted by molar-refractivity contribution is 0.761. The fourth-order valence-corrected chi connectivity index (χ4v) is 10.5. The van der Waals surface area contributed by atoms with Gasteiger partial charge in [-0.3, -0.25) is 0 Å². The van der Waals surface area contributed by atoms with E-state index in [1.165, 1.54) is 53.8 Å². The fraction of sp³-hybridized carbons (Fsp3) is 0.0577. The molecule has 1 fully saturated rings. The molecule has 2 aromatic heterocycles. The van der Waals surface area contributed by atoms with Crippen molar-refractivity contribution in [2.45, 2.75) is 11.5 Å². The van der Waals surface area contributed by atoms with Crippen LogP contribution in [0, 0.1) is 5.92 Å². The lowest BCUT2D eigenvalue weighted by Gasteiger charge is -2.32. The SMILES string of the molecule is C1=CC2C3c4ccc(-c5nc(-c6ccc(-c7ccc(-c8ccccc8)cc7)cc6)nc(-c6ccc7c(c6)sc6ccccc67)n5)cc4N(c4ccccc4)C23C=C1. The molecule has 0 saturated heterocycles. The largest absolute Gasteiger partial charge is 0.330 e. The van der Waals surface area contributed by atoms with Crippen LogP contribution in [0.2, 0.25) is 0 Å². The van der Waals surface area contributed by atoms with E-state index < -0.39 is 0 Å². The van der Waals surface area contributed by atoms with Gasteiger partial charge in [0.15, 0.2) is 17.5 Å². The molecule has 57 heavy (non-hydrogen) atoms. The monoisotopic (exact) mass is 746 g/mol. The zero-order valence-electron chi connectivity index (χ0n) is 30.8. The number of rotatable bonds is 6. The van der Waals surface area contributed by atoms with Crippen molar-refractivity contribution in [1.29, 1.82) is 0 Å². The van der Waals surface area contributed by atoms with Crippen LogP contribution >= 0.6 is 11.3 Å². The highest BCUT2D eigenvalue weighted by molar-refractivity contribution is 7.25. The normalized spacial score (nSPS) is 18.8. The number of aromatic nitrogens is 3. The van der Waals surface area contributed by atoms with Crippen LogP contribution in [0.3, 0.4) is 0 Å². The molecule has 1 aliphatic heterocycles. The molecule has 0 bridgehead atoms. The average Bonchev–Trinajstić information content (AvgIpc) is 3.67. The number of benzene rings is 7. The molecule has 1 saturated carbocycles. The first-order valence-electron chi connectivity index (χ1n) is 19.5. The Morgan fingerprint density at radius 3 is 1.72 bits per heavy atom. The molecule has 2 aliphatic carbocycles. The fourth-order valence-electron chi connectivity index (χ4n) is 9.31. The zero-order valence-corrected chi connectivity index (χ0v) is 31.6. The average molecular weight is 747 g/mol. The number of allylic oxidation sites excluding steroid dienone is 2. The molecule has 7 aromatic carbocycles. The van der Waals surface area contributed by atoms with E-state index in [9.17, 15) is 0 Å². The molecular formula is C52H34N4S. The number of fused-ring (bicyclic) bond motifs is 6. The topological polar surface area (TPSA) is 41.9 Å². The number of anilines is 2. The van der Waals surface area contributed by atoms with Crippen molar-refractivity contribution in [2.24, 2.45) is 5.92 Å². The van der Waals surface area contributed by atoms with Gasteiger partial charge in [0.25, 0.3) is 0 Å². The summed E-state index contributed by atoms with van der Waals surface area (Å²) in [6.45, 7) is 0. The second kappa shape index (κ2) is 12.5. The maximum absolute atomic E-state index is 5.23. The van der Waals surface area contributed by atoms with Gasteiger partial charge in [-0.25, -0.2) is 15.0 Å². The van der Waals surface area contributed by atoms with Crippen LogP contribution < -0.4 is 4.90 Å². The molecule has 0 radical (unpaired) electrons. The minimum atomic E-state index is -0.0737. The predicted octanol–water partition coefficient (Wildman–Crippen LogP) is 13.3. The quantitative estimate of drug-likeness (QED) is 0.170. The highest BCUT2D eigenvalue weighted by Gasteiger charge is 2.71. The second-order valence-electron chi connectivity index (χ2n) is 15.2. The van der Waals surface area contributed by atoms with Gasteiger partial charge in [-0.05, 0) is 58.1 Å². The summed E-state index contributed by atoms with van der Waals surface area (Å²) in [6, 6.07) is 60.7. The summed E-state index contributed by atoms with van der Waals surface area (Å²) in [5, 5.41) is 2.53. The molecule has 12 rings (SSSR count). The zero-order chi connectivity index (χ0) is 37.5. The Kier molecular flexibility index (Phi) is 7.10. The van der Waals surface area contributed by atoms with Gasteiger partial charge in [-0.1, -0.05) is 164 Å². The third-order valence-corrected chi connectivity index (χ3v) is 13.2. The highest BCUT2D eigenvalue weighted by Crippen LogP contribution is 2.72. The number of para-hydroxylation sites is 1. The molecule has 3 atom stereocenters. The third-order valence-electron chi connectivity index (χ3n) is 12.1. The van der Waals surface area contributed by atoms with Gasteiger partial charge in [-0.2, -0.15) is 0 Å². The van der Waals surface area contributed by atoms with Crippen LogP contribution in [0.5, 0.6) is 0 Å². The van der Waals surface area contributed by atoms with E-state index in [2.05, 4.69) is 199 Å². The molecule has 3 aliphatic rings. The van der Waals surface area contributed by atoms with Crippen LogP contribution in [0.4, 0.5) is 11.4 Å². The summed E-state index contributed by atoms with van der Waals surface area (Å²) >= 11 is 1.81. The molecule has 0 N–H and O–H groups in total. The highest BCUT2D eigenvalue weighted by atomic mass is 32.1. The van der Waals surface area contributed by atoms with Gasteiger partial charge in [0.05, 0.1) is 5.54 Å². The van der Waals surface area contributed by atoms with Crippen molar-refractivity contribution in [2.75, 3.05) is 4.90 Å². The standard InChI is InChI=1S/C52H34N4S/c1-3-11-33(12-4-1)34-18-20-35(21-19-34)36-22-24-37(25-23-36)49-53-50(55-51(54-49)39-26-28-42-41-15-7-8-17-46(41)57-47(42)32-39)38-27-29-43-45(31-38)56(40-13-5-2-6-14-40)52-30-10-9-16-44(52)48(43)52/h1-32,44,48H. The van der Waals surface area contributed by atoms with E-state index in [1.807, 2.05) is 11.3 Å². The van der Waals surface area contributed by atoms with E-state index in [-0.39, 0.29) is 5.54 Å². The molecular weight excluding hydrogens is 713 g/mol. The Labute approximate surface area is 334 Å². The van der Waals surface area contributed by atoms with Gasteiger partial charge < -0.3 is 4.90 Å². The first-order chi connectivity index (χ1) is 28.2. The number of nitrogens with zero attached hydrogens (tertiary/aromatic N) is 4. The number of hydrogen-bond acceptors (Lipinski definition) is 5. The molecule has 5 heteroatoms. The Morgan fingerprint density at radius 2 is 1.00 bits per heavy atom. The van der Waals surface area contributed by atoms with Crippen molar-refractivity contribution in [3.8, 4) is 56.4 Å². The maximum Gasteiger partial charge on any atom is 0.164 e. The Hall–Kier alpha value is -6.95. The van der Waals surface area contributed by atoms with Gasteiger partial charge >= 0.3 is 0 Å². The van der Waals surface area contributed by atoms with Gasteiger partial charge in [0.2, 0.25) is 0 Å². The number of thiophene rings is 1. The van der Waals surface area contributed by atoms with E-state index in [1.54, 1.807) is 0 Å². The Morgan fingerprint density at radius 1 is 0.456 bits per heavy atom. The minimum absolute atomic E-state index is 0.0737. The van der Waals surface area contributed by atoms with Crippen molar-refractivity contribution >= 4 is 42.9 Å². The van der Waals surface area contributed by atoms with Crippen LogP contribution in [0.25, 0.3) is 76.6 Å². The van der Waals surface area contributed by atoms with Gasteiger partial charge in [0, 0.05) is 60.1 Å². The van der Waals surface area contributed by atoms with E-state index in [0.29, 0.717) is 29.3 Å². The molecule has 0 amide bonds. The molecule has 3 heterocycles. The molecule has 268 valence electrons. The van der Waals surface area contributed by atoms with Crippen molar-refractivity contribution in [3.63, 3.8) is 0 Å². The van der Waals surface area contributed by atoms with Gasteiger partial charge in [0.1, 0.15) is 0 Å². The summed E-state index contributed by atoms with van der Waals surface area (Å²) in [5.41, 5.74) is 11.3. The van der Waals surface area contributed by atoms with Crippen LogP contribution in [-0.2, 0) is 0 Å². The third kappa shape index (κ3) is 5.09. The van der Waals surface area contributed by atoms with Crippen LogP contribution in [0.1, 0.15) is 11.5 Å². The van der Waals surface area contributed by atoms with E-state index in [0.717, 1.165) is 22.3 Å². The Balaban J connectivity index is 0.968. The molecule has 9 aromatic rings. The Bertz CT molecular complexity index is 3080. The van der Waals surface area contributed by atoms with E-state index in [4.69, 9.17) is 15.0 Å². The summed E-state index contributed by atoms with van der Waals surface area (Å²) < 4.78 is 2.50. The van der Waals surface area contributed by atoms with Crippen LogP contribution in [-0.4, -0.2) is 20.5 Å². The lowest BCUT2D eigenvalue weighted by atomic mass is 9.99. The first-order valence-corrected chi connectivity index (χ1v) is 20.3. The smallest absolute Gasteiger partial charge is 0.164 e. The van der Waals surface area contributed by atoms with Crippen molar-refractivity contribution < 1.29 is 0 Å². The summed E-state index contributed by atoms with van der Waals surface area (Å²) in [7, 11) is 0. The number of hydrogen-bond donors (Lipinski definition) is 0. The van der Waals surface area contributed by atoms with Crippen molar-refractivity contribution in [3.05, 3.63) is 200 Å². The predicted molar refractivity (Wildman–Crippen MR) is 236 cm³/mol. The molecule has 4 nitrogen and oxygen atoms in total. The lowest BCUT2D eigenvalue weighted by Crippen LogP contribution is -2.32. The minimum Gasteiger partial charge on any atom is -0.330 e. The summed E-state index contributed by atoms with van der Waals surface area (Å²) in [4.78, 5) is 18.2. The van der Waals surface area contributed by atoms with E-state index >= 15 is 0 Å². The first kappa shape index (κ1) is 32.3.